The minimum absolute atomic E-state index is 0. The molecule has 5 heteroatoms. The van der Waals surface area contributed by atoms with Gasteiger partial charge in [-0.25, -0.2) is 0 Å². The standard InChI is InChI=1S/C3H8O3S.Rb.H/c1-2-3-7(4,5)6;;/h2-3H2,1H3,(H,4,5,6);;. The van der Waals surface area contributed by atoms with Gasteiger partial charge in [0.1, 0.15) is 0 Å². The summed E-state index contributed by atoms with van der Waals surface area (Å²) < 4.78 is 27.6. The molecule has 0 aromatic rings. The van der Waals surface area contributed by atoms with Crippen LogP contribution in [0.3, 0.4) is 0 Å². The van der Waals surface area contributed by atoms with E-state index in [0.717, 1.165) is 0 Å². The number of rotatable bonds is 2. The molecule has 3 nitrogen and oxygen atoms in total. The Balaban J connectivity index is 0. The maximum atomic E-state index is 9.79. The average Bonchev–Trinajstić information content (AvgIpc) is 1.30. The normalized spacial score (nSPS) is 10.2. The van der Waals surface area contributed by atoms with Crippen LogP contribution >= 0.6 is 0 Å². The summed E-state index contributed by atoms with van der Waals surface area (Å²) in [4.78, 5) is 0. The van der Waals surface area contributed by atoms with E-state index in [0.29, 0.717) is 6.42 Å². The Kier molecular flexibility index (Phi) is 8.52. The van der Waals surface area contributed by atoms with Crippen LogP contribution < -0.4 is 0 Å². The molecule has 0 aliphatic carbocycles. The molecule has 0 bridgehead atoms. The Labute approximate surface area is 98.4 Å². The monoisotopic (exact) mass is 210 g/mol. The van der Waals surface area contributed by atoms with Crippen molar-refractivity contribution in [3.63, 3.8) is 0 Å². The summed E-state index contributed by atoms with van der Waals surface area (Å²) in [6.07, 6.45) is 0.471. The van der Waals surface area contributed by atoms with Crippen molar-refractivity contribution in [3.05, 3.63) is 0 Å². The molecule has 0 unspecified atom stereocenters. The van der Waals surface area contributed by atoms with Gasteiger partial charge >= 0.3 is 58.2 Å². The summed E-state index contributed by atoms with van der Waals surface area (Å²) in [6, 6.07) is 0. The van der Waals surface area contributed by atoms with E-state index < -0.39 is 10.1 Å². The Morgan fingerprint density at radius 2 is 1.88 bits per heavy atom. The first kappa shape index (κ1) is 12.4. The fraction of sp³-hybridized carbons (Fsp3) is 1.00. The van der Waals surface area contributed by atoms with Gasteiger partial charge in [-0.3, -0.25) is 4.55 Å². The summed E-state index contributed by atoms with van der Waals surface area (Å²) in [7, 11) is -3.67. The second kappa shape index (κ2) is 5.50. The zero-order valence-electron chi connectivity index (χ0n) is 4.09. The van der Waals surface area contributed by atoms with Crippen molar-refractivity contribution in [1.82, 2.24) is 0 Å². The molecule has 1 N–H and O–H groups in total. The molecule has 0 aromatic heterocycles. The molecule has 0 saturated heterocycles. The summed E-state index contributed by atoms with van der Waals surface area (Å²) in [6.45, 7) is 1.69. The zero-order chi connectivity index (χ0) is 5.91. The van der Waals surface area contributed by atoms with Crippen molar-refractivity contribution in [3.8, 4) is 0 Å². The topological polar surface area (TPSA) is 54.4 Å². The van der Waals surface area contributed by atoms with E-state index >= 15 is 0 Å². The molecule has 0 spiro atoms. The van der Waals surface area contributed by atoms with Gasteiger partial charge in [-0.1, -0.05) is 6.92 Å². The summed E-state index contributed by atoms with van der Waals surface area (Å²) in [5.74, 6) is -0.132. The number of hydrogen-bond donors (Lipinski definition) is 1. The van der Waals surface area contributed by atoms with Crippen LogP contribution in [0.2, 0.25) is 0 Å². The molecule has 0 heterocycles. The Morgan fingerprint density at radius 1 is 1.50 bits per heavy atom. The van der Waals surface area contributed by atoms with Crippen molar-refractivity contribution in [2.75, 3.05) is 5.75 Å². The minimum atomic E-state index is -3.67. The molecule has 0 aliphatic heterocycles. The summed E-state index contributed by atoms with van der Waals surface area (Å²) in [5, 5.41) is 0. The molecule has 46 valence electrons. The van der Waals surface area contributed by atoms with Crippen molar-refractivity contribution in [1.29, 1.82) is 0 Å². The van der Waals surface area contributed by atoms with Crippen molar-refractivity contribution >= 4 is 68.3 Å². The first-order chi connectivity index (χ1) is 3.06. The SMILES string of the molecule is CCCS(=O)(=O)O.[RbH]. The molecule has 0 rings (SSSR count). The van der Waals surface area contributed by atoms with Gasteiger partial charge in [-0.2, -0.15) is 8.42 Å². The third-order valence-electron chi connectivity index (χ3n) is 0.462. The van der Waals surface area contributed by atoms with E-state index in [1.165, 1.54) is 0 Å². The van der Waals surface area contributed by atoms with Crippen molar-refractivity contribution in [2.45, 2.75) is 13.3 Å². The molecule has 0 saturated carbocycles. The van der Waals surface area contributed by atoms with Gasteiger partial charge in [-0.05, 0) is 6.42 Å². The third-order valence-corrected chi connectivity index (χ3v) is 1.39. The van der Waals surface area contributed by atoms with E-state index in [2.05, 4.69) is 0 Å². The number of hydrogen-bond acceptors (Lipinski definition) is 2. The van der Waals surface area contributed by atoms with Gasteiger partial charge in [0.2, 0.25) is 0 Å². The first-order valence-corrected chi connectivity index (χ1v) is 3.62. The molecule has 0 radical (unpaired) electrons. The van der Waals surface area contributed by atoms with E-state index in [1.54, 1.807) is 6.92 Å². The van der Waals surface area contributed by atoms with Gasteiger partial charge in [0.15, 0.2) is 0 Å². The molecule has 0 atom stereocenters. The van der Waals surface area contributed by atoms with E-state index in [9.17, 15) is 8.42 Å². The quantitative estimate of drug-likeness (QED) is 0.633. The fourth-order valence-corrected chi connectivity index (χ4v) is 0.774. The second-order valence-electron chi connectivity index (χ2n) is 1.29. The van der Waals surface area contributed by atoms with Crippen LogP contribution in [-0.2, 0) is 10.1 Å². The Bertz CT molecular complexity index is 127. The van der Waals surface area contributed by atoms with E-state index in [-0.39, 0.29) is 63.9 Å². The summed E-state index contributed by atoms with van der Waals surface area (Å²) in [5.41, 5.74) is 0. The molecular formula is C3H9O3RbS. The van der Waals surface area contributed by atoms with Gasteiger partial charge < -0.3 is 0 Å². The van der Waals surface area contributed by atoms with Crippen LogP contribution in [0.25, 0.3) is 0 Å². The van der Waals surface area contributed by atoms with Crippen molar-refractivity contribution < 1.29 is 13.0 Å². The van der Waals surface area contributed by atoms with Crippen LogP contribution in [0, 0.1) is 0 Å². The first-order valence-electron chi connectivity index (χ1n) is 2.01. The second-order valence-corrected chi connectivity index (χ2v) is 2.86. The van der Waals surface area contributed by atoms with Crippen molar-refractivity contribution in [2.24, 2.45) is 0 Å². The van der Waals surface area contributed by atoms with Gasteiger partial charge in [0.25, 0.3) is 10.1 Å². The van der Waals surface area contributed by atoms with Crippen LogP contribution in [0.1, 0.15) is 13.3 Å². The van der Waals surface area contributed by atoms with Gasteiger partial charge in [-0.15, -0.1) is 0 Å². The van der Waals surface area contributed by atoms with E-state index in [4.69, 9.17) is 4.55 Å². The molecule has 0 amide bonds. The van der Waals surface area contributed by atoms with Crippen LogP contribution in [-0.4, -0.2) is 76.9 Å². The molecule has 0 fully saturated rings. The zero-order valence-corrected chi connectivity index (χ0v) is 4.90. The molecule has 8 heavy (non-hydrogen) atoms. The predicted molar refractivity (Wildman–Crippen MR) is 33.9 cm³/mol. The Morgan fingerprint density at radius 3 is 1.88 bits per heavy atom. The third kappa shape index (κ3) is 10.7. The molecule has 0 aliphatic rings. The maximum absolute atomic E-state index is 9.79. The van der Waals surface area contributed by atoms with E-state index in [1.807, 2.05) is 0 Å². The van der Waals surface area contributed by atoms with Crippen LogP contribution in [0.5, 0.6) is 0 Å². The van der Waals surface area contributed by atoms with Crippen LogP contribution in [0.15, 0.2) is 0 Å². The Hall–Kier alpha value is 1.72. The predicted octanol–water partition coefficient (Wildman–Crippen LogP) is -0.364. The molecular weight excluding hydrogens is 202 g/mol. The summed E-state index contributed by atoms with van der Waals surface area (Å²) >= 11 is 0. The van der Waals surface area contributed by atoms with Crippen LogP contribution in [0.4, 0.5) is 0 Å². The molecule has 0 aromatic carbocycles. The average molecular weight is 211 g/mol. The van der Waals surface area contributed by atoms with Gasteiger partial charge in [0, 0.05) is 0 Å². The van der Waals surface area contributed by atoms with Gasteiger partial charge in [0.05, 0.1) is 5.75 Å². The fourth-order valence-electron chi connectivity index (χ4n) is 0.258.